The summed E-state index contributed by atoms with van der Waals surface area (Å²) in [6.45, 7) is 1.71. The van der Waals surface area contributed by atoms with Gasteiger partial charge in [-0.3, -0.25) is 9.59 Å². The molecular weight excluding hydrogens is 212 g/mol. The number of aryl methyl sites for hydroxylation is 1. The molecule has 1 aliphatic rings. The van der Waals surface area contributed by atoms with Crippen molar-refractivity contribution < 1.29 is 14.1 Å². The molecule has 1 aliphatic heterocycles. The summed E-state index contributed by atoms with van der Waals surface area (Å²) >= 11 is 0. The average molecular weight is 220 g/mol. The molecule has 0 saturated heterocycles. The van der Waals surface area contributed by atoms with Crippen LogP contribution in [0.4, 0.5) is 5.82 Å². The third-order valence-electron chi connectivity index (χ3n) is 1.85. The Labute approximate surface area is 90.2 Å². The summed E-state index contributed by atoms with van der Waals surface area (Å²) in [5.74, 6) is 0.0106. The third-order valence-corrected chi connectivity index (χ3v) is 1.85. The standard InChI is InChI=1S/C9H8N4O3/c1-5-4-7(13-16-5)10-9(15)6-2-3-8(14)12-11-6/h2-4,6H,1H3,(H,10,13,15). The highest BCUT2D eigenvalue weighted by molar-refractivity contribution is 5.98. The Bertz CT molecular complexity index is 473. The minimum absolute atomic E-state index is 0.308. The van der Waals surface area contributed by atoms with Crippen LogP contribution in [0.5, 0.6) is 0 Å². The van der Waals surface area contributed by atoms with Gasteiger partial charge in [0.1, 0.15) is 5.76 Å². The number of nitrogens with zero attached hydrogens (tertiary/aromatic N) is 3. The largest absolute Gasteiger partial charge is 0.360 e. The fourth-order valence-corrected chi connectivity index (χ4v) is 1.13. The number of hydrogen-bond acceptors (Lipinski definition) is 5. The Morgan fingerprint density at radius 3 is 2.94 bits per heavy atom. The molecule has 0 aliphatic carbocycles. The van der Waals surface area contributed by atoms with E-state index in [4.69, 9.17) is 4.52 Å². The van der Waals surface area contributed by atoms with E-state index in [2.05, 4.69) is 20.7 Å². The van der Waals surface area contributed by atoms with Gasteiger partial charge in [-0.1, -0.05) is 5.16 Å². The fourth-order valence-electron chi connectivity index (χ4n) is 1.13. The van der Waals surface area contributed by atoms with Gasteiger partial charge in [-0.2, -0.15) is 5.11 Å². The van der Waals surface area contributed by atoms with Crippen LogP contribution in [0, 0.1) is 6.92 Å². The maximum absolute atomic E-state index is 11.6. The molecule has 1 N–H and O–H groups in total. The topological polar surface area (TPSA) is 96.9 Å². The molecule has 2 amide bonds. The predicted octanol–water partition coefficient (Wildman–Crippen LogP) is 0.839. The molecule has 0 saturated carbocycles. The summed E-state index contributed by atoms with van der Waals surface area (Å²) in [4.78, 5) is 22.3. The number of carbonyl (C=O) groups excluding carboxylic acids is 2. The molecule has 0 aromatic carbocycles. The van der Waals surface area contributed by atoms with Gasteiger partial charge in [0.15, 0.2) is 11.9 Å². The summed E-state index contributed by atoms with van der Waals surface area (Å²) in [7, 11) is 0. The van der Waals surface area contributed by atoms with E-state index >= 15 is 0 Å². The van der Waals surface area contributed by atoms with Crippen LogP contribution in [0.1, 0.15) is 5.76 Å². The van der Waals surface area contributed by atoms with Crippen LogP contribution in [0.3, 0.4) is 0 Å². The smallest absolute Gasteiger partial charge is 0.287 e. The van der Waals surface area contributed by atoms with Crippen molar-refractivity contribution in [3.63, 3.8) is 0 Å². The van der Waals surface area contributed by atoms with E-state index < -0.39 is 17.9 Å². The van der Waals surface area contributed by atoms with Crippen molar-refractivity contribution in [3.8, 4) is 0 Å². The number of amides is 2. The second-order valence-electron chi connectivity index (χ2n) is 3.17. The van der Waals surface area contributed by atoms with Crippen LogP contribution in [0.25, 0.3) is 0 Å². The summed E-state index contributed by atoms with van der Waals surface area (Å²) in [5, 5.41) is 12.9. The number of azo groups is 1. The fraction of sp³-hybridized carbons (Fsp3) is 0.222. The molecule has 2 heterocycles. The number of carbonyl (C=O) groups is 2. The minimum atomic E-state index is -0.797. The minimum Gasteiger partial charge on any atom is -0.360 e. The van der Waals surface area contributed by atoms with Crippen molar-refractivity contribution in [1.29, 1.82) is 0 Å². The second kappa shape index (κ2) is 4.05. The predicted molar refractivity (Wildman–Crippen MR) is 52.7 cm³/mol. The quantitative estimate of drug-likeness (QED) is 0.798. The first-order valence-electron chi connectivity index (χ1n) is 4.52. The summed E-state index contributed by atoms with van der Waals surface area (Å²) in [6, 6.07) is 0.780. The SMILES string of the molecule is Cc1cc(NC(=O)C2C=CC(=O)N=N2)no1. The van der Waals surface area contributed by atoms with Crippen LogP contribution in [-0.2, 0) is 9.59 Å². The lowest BCUT2D eigenvalue weighted by Crippen LogP contribution is -2.26. The van der Waals surface area contributed by atoms with Gasteiger partial charge in [0.2, 0.25) is 0 Å². The van der Waals surface area contributed by atoms with E-state index in [0.29, 0.717) is 11.6 Å². The Morgan fingerprint density at radius 1 is 1.56 bits per heavy atom. The normalized spacial score (nSPS) is 18.8. The molecule has 16 heavy (non-hydrogen) atoms. The van der Waals surface area contributed by atoms with Gasteiger partial charge in [0.05, 0.1) is 0 Å². The van der Waals surface area contributed by atoms with E-state index in [-0.39, 0.29) is 0 Å². The number of aromatic nitrogens is 1. The van der Waals surface area contributed by atoms with Crippen molar-refractivity contribution in [2.75, 3.05) is 5.32 Å². The Morgan fingerprint density at radius 2 is 2.38 bits per heavy atom. The third kappa shape index (κ3) is 2.19. The van der Waals surface area contributed by atoms with E-state index in [1.165, 1.54) is 12.2 Å². The monoisotopic (exact) mass is 220 g/mol. The first-order valence-corrected chi connectivity index (χ1v) is 4.52. The summed E-state index contributed by atoms with van der Waals surface area (Å²) in [6.07, 6.45) is 2.57. The summed E-state index contributed by atoms with van der Waals surface area (Å²) < 4.78 is 4.78. The zero-order valence-corrected chi connectivity index (χ0v) is 8.38. The van der Waals surface area contributed by atoms with Crippen LogP contribution in [0.15, 0.2) is 33.0 Å². The Hall–Kier alpha value is -2.31. The number of hydrogen-bond donors (Lipinski definition) is 1. The number of nitrogens with one attached hydrogen (secondary N) is 1. The van der Waals surface area contributed by atoms with Crippen LogP contribution >= 0.6 is 0 Å². The highest BCUT2D eigenvalue weighted by Gasteiger charge is 2.19. The van der Waals surface area contributed by atoms with Crippen molar-refractivity contribution in [1.82, 2.24) is 5.16 Å². The lowest BCUT2D eigenvalue weighted by molar-refractivity contribution is -0.117. The van der Waals surface area contributed by atoms with E-state index in [0.717, 1.165) is 0 Å². The Kier molecular flexibility index (Phi) is 2.59. The molecular formula is C9H8N4O3. The van der Waals surface area contributed by atoms with Gasteiger partial charge < -0.3 is 9.84 Å². The van der Waals surface area contributed by atoms with Gasteiger partial charge in [0, 0.05) is 12.1 Å². The van der Waals surface area contributed by atoms with Crippen molar-refractivity contribution >= 4 is 17.6 Å². The Balaban J connectivity index is 2.01. The second-order valence-corrected chi connectivity index (χ2v) is 3.17. The molecule has 7 nitrogen and oxygen atoms in total. The lowest BCUT2D eigenvalue weighted by Gasteiger charge is -2.07. The first kappa shape index (κ1) is 10.2. The van der Waals surface area contributed by atoms with Crippen molar-refractivity contribution in [2.45, 2.75) is 13.0 Å². The number of anilines is 1. The van der Waals surface area contributed by atoms with Gasteiger partial charge in [-0.15, -0.1) is 5.11 Å². The molecule has 1 unspecified atom stereocenters. The molecule has 1 aromatic heterocycles. The number of rotatable bonds is 2. The molecule has 0 radical (unpaired) electrons. The molecule has 7 heteroatoms. The highest BCUT2D eigenvalue weighted by Crippen LogP contribution is 2.10. The van der Waals surface area contributed by atoms with Gasteiger partial charge in [-0.25, -0.2) is 0 Å². The van der Waals surface area contributed by atoms with Crippen LogP contribution in [-0.4, -0.2) is 23.0 Å². The van der Waals surface area contributed by atoms with Gasteiger partial charge in [-0.05, 0) is 13.0 Å². The maximum atomic E-state index is 11.6. The van der Waals surface area contributed by atoms with Crippen LogP contribution in [0.2, 0.25) is 0 Å². The van der Waals surface area contributed by atoms with Crippen LogP contribution < -0.4 is 5.32 Å². The van der Waals surface area contributed by atoms with Gasteiger partial charge >= 0.3 is 0 Å². The highest BCUT2D eigenvalue weighted by atomic mass is 16.5. The average Bonchev–Trinajstić information content (AvgIpc) is 2.65. The molecule has 82 valence electrons. The molecule has 0 spiro atoms. The molecule has 0 bridgehead atoms. The molecule has 0 fully saturated rings. The maximum Gasteiger partial charge on any atom is 0.287 e. The van der Waals surface area contributed by atoms with Gasteiger partial charge in [0.25, 0.3) is 11.8 Å². The van der Waals surface area contributed by atoms with E-state index in [9.17, 15) is 9.59 Å². The van der Waals surface area contributed by atoms with E-state index in [1.54, 1.807) is 13.0 Å². The molecule has 1 atom stereocenters. The van der Waals surface area contributed by atoms with Crippen molar-refractivity contribution in [3.05, 3.63) is 24.0 Å². The first-order chi connectivity index (χ1) is 7.65. The summed E-state index contributed by atoms with van der Waals surface area (Å²) in [5.41, 5.74) is 0. The van der Waals surface area contributed by atoms with Crippen molar-refractivity contribution in [2.24, 2.45) is 10.2 Å². The lowest BCUT2D eigenvalue weighted by atomic mass is 10.2. The zero-order chi connectivity index (χ0) is 11.5. The zero-order valence-electron chi connectivity index (χ0n) is 8.38. The molecule has 1 aromatic rings. The molecule has 2 rings (SSSR count). The van der Waals surface area contributed by atoms with E-state index in [1.807, 2.05) is 0 Å².